The first-order chi connectivity index (χ1) is 13.0. The third-order valence-electron chi connectivity index (χ3n) is 6.95. The molecule has 3 aliphatic rings. The van der Waals surface area contributed by atoms with Crippen molar-refractivity contribution in [1.82, 2.24) is 4.90 Å². The van der Waals surface area contributed by atoms with Crippen LogP contribution in [0, 0.1) is 11.8 Å². The molecule has 0 radical (unpaired) electrons. The molecular weight excluding hydrogens is 340 g/mol. The Morgan fingerprint density at radius 1 is 1.41 bits per heavy atom. The maximum absolute atomic E-state index is 13.2. The number of carbonyl (C=O) groups excluding carboxylic acids is 2. The van der Waals surface area contributed by atoms with Crippen LogP contribution in [0.5, 0.6) is 0 Å². The summed E-state index contributed by atoms with van der Waals surface area (Å²) in [6, 6.07) is 8.19. The van der Waals surface area contributed by atoms with E-state index in [4.69, 9.17) is 4.74 Å². The number of allylic oxidation sites excluding steroid dienone is 1. The van der Waals surface area contributed by atoms with Gasteiger partial charge in [0.2, 0.25) is 5.91 Å². The van der Waals surface area contributed by atoms with Crippen LogP contribution in [0.25, 0.3) is 0 Å². The van der Waals surface area contributed by atoms with Gasteiger partial charge in [-0.1, -0.05) is 31.5 Å². The van der Waals surface area contributed by atoms with Crippen LogP contribution in [-0.4, -0.2) is 42.8 Å². The maximum Gasteiger partial charge on any atom is 0.236 e. The zero-order valence-corrected chi connectivity index (χ0v) is 16.3. The number of nitrogens with one attached hydrogen (secondary N) is 1. The number of fused-ring (bicyclic) bond motifs is 4. The van der Waals surface area contributed by atoms with Crippen LogP contribution in [0.3, 0.4) is 0 Å². The first-order valence-corrected chi connectivity index (χ1v) is 9.91. The summed E-state index contributed by atoms with van der Waals surface area (Å²) in [6.07, 6.45) is 4.29. The number of methoxy groups -OCH3 is 1. The molecule has 1 unspecified atom stereocenters. The molecule has 0 saturated carbocycles. The van der Waals surface area contributed by atoms with Gasteiger partial charge in [0, 0.05) is 23.8 Å². The Bertz CT molecular complexity index is 803. The second kappa shape index (κ2) is 6.79. The minimum Gasteiger partial charge on any atom is -0.504 e. The largest absolute Gasteiger partial charge is 0.504 e. The number of hydrogen-bond donors (Lipinski definition) is 1. The number of Topliss-reactive ketones (excluding diaryl/α,β-unsaturated/α-hetero) is 1. The molecule has 1 spiro atoms. The van der Waals surface area contributed by atoms with Crippen molar-refractivity contribution in [2.45, 2.75) is 44.6 Å². The average Bonchev–Trinajstić information content (AvgIpc) is 3.18. The number of para-hydroxylation sites is 1. The zero-order chi connectivity index (χ0) is 19.2. The number of hydrogen-bond acceptors (Lipinski definition) is 4. The van der Waals surface area contributed by atoms with Gasteiger partial charge in [0.25, 0.3) is 0 Å². The summed E-state index contributed by atoms with van der Waals surface area (Å²) < 4.78 is 5.24. The smallest absolute Gasteiger partial charge is 0.236 e. The van der Waals surface area contributed by atoms with Gasteiger partial charge in [-0.25, -0.2) is 0 Å². The SMILES string of the molecule is CC[C@@H]1CN2CC[C@@]3(C(=O)Nc4ccccc43)C2C[C@@H]1C(=COC)C(C)=O. The summed E-state index contributed by atoms with van der Waals surface area (Å²) in [5, 5.41) is 3.11. The van der Waals surface area contributed by atoms with E-state index in [1.807, 2.05) is 18.2 Å². The topological polar surface area (TPSA) is 58.6 Å². The third-order valence-corrected chi connectivity index (χ3v) is 6.95. The first kappa shape index (κ1) is 18.2. The average molecular weight is 368 g/mol. The predicted molar refractivity (Wildman–Crippen MR) is 104 cm³/mol. The highest BCUT2D eigenvalue weighted by Crippen LogP contribution is 2.53. The Kier molecular flexibility index (Phi) is 4.58. The fourth-order valence-corrected chi connectivity index (χ4v) is 5.65. The summed E-state index contributed by atoms with van der Waals surface area (Å²) in [6.45, 7) is 5.66. The van der Waals surface area contributed by atoms with Crippen molar-refractivity contribution in [2.75, 3.05) is 25.5 Å². The number of anilines is 1. The van der Waals surface area contributed by atoms with Gasteiger partial charge in [-0.3, -0.25) is 14.5 Å². The Hall–Kier alpha value is -2.14. The fourth-order valence-electron chi connectivity index (χ4n) is 5.65. The number of piperidine rings is 1. The van der Waals surface area contributed by atoms with E-state index in [-0.39, 0.29) is 23.7 Å². The highest BCUT2D eigenvalue weighted by molar-refractivity contribution is 6.07. The molecule has 27 heavy (non-hydrogen) atoms. The van der Waals surface area contributed by atoms with Crippen molar-refractivity contribution >= 4 is 17.4 Å². The van der Waals surface area contributed by atoms with Gasteiger partial charge in [-0.15, -0.1) is 0 Å². The summed E-state index contributed by atoms with van der Waals surface area (Å²) in [7, 11) is 1.59. The quantitative estimate of drug-likeness (QED) is 0.655. The van der Waals surface area contributed by atoms with E-state index in [2.05, 4.69) is 23.2 Å². The van der Waals surface area contributed by atoms with E-state index in [1.54, 1.807) is 20.3 Å². The number of nitrogens with zero attached hydrogens (tertiary/aromatic N) is 1. The van der Waals surface area contributed by atoms with E-state index < -0.39 is 5.41 Å². The minimum atomic E-state index is -0.497. The van der Waals surface area contributed by atoms with Gasteiger partial charge in [0.05, 0.1) is 18.8 Å². The lowest BCUT2D eigenvalue weighted by molar-refractivity contribution is -0.122. The molecule has 1 amide bonds. The van der Waals surface area contributed by atoms with Gasteiger partial charge in [0.15, 0.2) is 5.78 Å². The van der Waals surface area contributed by atoms with Crippen LogP contribution in [0.2, 0.25) is 0 Å². The highest BCUT2D eigenvalue weighted by Gasteiger charge is 2.59. The first-order valence-electron chi connectivity index (χ1n) is 9.91. The fraction of sp³-hybridized carbons (Fsp3) is 0.545. The zero-order valence-electron chi connectivity index (χ0n) is 16.3. The van der Waals surface area contributed by atoms with E-state index in [0.29, 0.717) is 5.92 Å². The number of ketones is 1. The molecule has 4 rings (SSSR count). The van der Waals surface area contributed by atoms with Crippen molar-refractivity contribution in [1.29, 1.82) is 0 Å². The molecule has 3 heterocycles. The Balaban J connectivity index is 1.75. The third kappa shape index (κ3) is 2.63. The van der Waals surface area contributed by atoms with Crippen molar-refractivity contribution in [3.05, 3.63) is 41.7 Å². The molecule has 0 aromatic heterocycles. The lowest BCUT2D eigenvalue weighted by atomic mass is 9.67. The Morgan fingerprint density at radius 3 is 2.89 bits per heavy atom. The van der Waals surface area contributed by atoms with Crippen LogP contribution >= 0.6 is 0 Å². The summed E-state index contributed by atoms with van der Waals surface area (Å²) in [4.78, 5) is 28.0. The Labute approximate surface area is 160 Å². The lowest BCUT2D eigenvalue weighted by Gasteiger charge is -2.45. The molecule has 2 fully saturated rings. The normalized spacial score (nSPS) is 32.9. The van der Waals surface area contributed by atoms with Crippen LogP contribution in [-0.2, 0) is 19.7 Å². The van der Waals surface area contributed by atoms with E-state index in [9.17, 15) is 9.59 Å². The highest BCUT2D eigenvalue weighted by atomic mass is 16.5. The number of carbonyl (C=O) groups is 2. The number of rotatable bonds is 4. The van der Waals surface area contributed by atoms with Crippen LogP contribution < -0.4 is 5.32 Å². The maximum atomic E-state index is 13.2. The van der Waals surface area contributed by atoms with Gasteiger partial charge in [-0.2, -0.15) is 0 Å². The monoisotopic (exact) mass is 368 g/mol. The summed E-state index contributed by atoms with van der Waals surface area (Å²) in [5.74, 6) is 0.715. The van der Waals surface area contributed by atoms with Crippen molar-refractivity contribution in [3.63, 3.8) is 0 Å². The number of benzene rings is 1. The van der Waals surface area contributed by atoms with E-state index in [0.717, 1.165) is 49.2 Å². The summed E-state index contributed by atoms with van der Waals surface area (Å²) >= 11 is 0. The molecule has 2 saturated heterocycles. The van der Waals surface area contributed by atoms with Gasteiger partial charge in [0.1, 0.15) is 0 Å². The second-order valence-corrected chi connectivity index (χ2v) is 8.11. The predicted octanol–water partition coefficient (Wildman–Crippen LogP) is 3.12. The molecule has 3 aliphatic heterocycles. The molecule has 4 atom stereocenters. The second-order valence-electron chi connectivity index (χ2n) is 8.11. The molecule has 5 nitrogen and oxygen atoms in total. The van der Waals surface area contributed by atoms with E-state index >= 15 is 0 Å². The molecule has 0 aliphatic carbocycles. The number of ether oxygens (including phenoxy) is 1. The van der Waals surface area contributed by atoms with Crippen LogP contribution in [0.15, 0.2) is 36.1 Å². The molecular formula is C22H28N2O3. The molecule has 1 aromatic carbocycles. The van der Waals surface area contributed by atoms with Crippen molar-refractivity contribution in [3.8, 4) is 0 Å². The molecule has 1 aromatic rings. The molecule has 0 bridgehead atoms. The van der Waals surface area contributed by atoms with Crippen LogP contribution in [0.1, 0.15) is 38.7 Å². The molecule has 144 valence electrons. The van der Waals surface area contributed by atoms with Gasteiger partial charge in [-0.05, 0) is 49.8 Å². The number of amides is 1. The van der Waals surface area contributed by atoms with Gasteiger partial charge < -0.3 is 10.1 Å². The lowest BCUT2D eigenvalue weighted by Crippen LogP contribution is -2.53. The Morgan fingerprint density at radius 2 is 2.19 bits per heavy atom. The van der Waals surface area contributed by atoms with Crippen molar-refractivity contribution in [2.24, 2.45) is 11.8 Å². The van der Waals surface area contributed by atoms with Crippen LogP contribution in [0.4, 0.5) is 5.69 Å². The minimum absolute atomic E-state index is 0.0667. The summed E-state index contributed by atoms with van der Waals surface area (Å²) in [5.41, 5.74) is 2.33. The van der Waals surface area contributed by atoms with Gasteiger partial charge >= 0.3 is 0 Å². The molecule has 1 N–H and O–H groups in total. The standard InChI is InChI=1S/C22H28N2O3/c1-4-15-12-24-10-9-22(18-7-5-6-8-19(18)23-21(22)26)20(24)11-16(15)17(13-27-3)14(2)25/h5-8,13,15-16,20H,4,9-12H2,1-3H3,(H,23,26)/t15-,16+,20?,22+/m1/s1. The van der Waals surface area contributed by atoms with E-state index in [1.165, 1.54) is 0 Å². The van der Waals surface area contributed by atoms with Crippen molar-refractivity contribution < 1.29 is 14.3 Å². The molecule has 5 heteroatoms.